The largest absolute Gasteiger partial charge is 0.462 e. The van der Waals surface area contributed by atoms with Crippen LogP contribution in [0, 0.1) is 13.8 Å². The van der Waals surface area contributed by atoms with Gasteiger partial charge >= 0.3 is 5.97 Å². The minimum Gasteiger partial charge on any atom is -0.462 e. The number of ether oxygens (including phenoxy) is 1. The van der Waals surface area contributed by atoms with Gasteiger partial charge in [-0.2, -0.15) is 0 Å². The number of carbonyl (C=O) groups excluding carboxylic acids is 1. The molecule has 0 aliphatic carbocycles. The summed E-state index contributed by atoms with van der Waals surface area (Å²) in [5.41, 5.74) is 3.51. The lowest BCUT2D eigenvalue weighted by atomic mass is 10.1. The molecule has 4 heteroatoms. The van der Waals surface area contributed by atoms with Crippen LogP contribution >= 0.6 is 0 Å². The van der Waals surface area contributed by atoms with Crippen LogP contribution in [0.1, 0.15) is 41.0 Å². The first-order valence-corrected chi connectivity index (χ1v) is 7.49. The van der Waals surface area contributed by atoms with Crippen molar-refractivity contribution < 1.29 is 9.53 Å². The molecule has 0 amide bonds. The van der Waals surface area contributed by atoms with Crippen molar-refractivity contribution in [3.63, 3.8) is 0 Å². The van der Waals surface area contributed by atoms with Crippen LogP contribution in [0.3, 0.4) is 0 Å². The van der Waals surface area contributed by atoms with E-state index in [1.807, 2.05) is 24.3 Å². The Hall–Kier alpha value is -2.36. The fourth-order valence-corrected chi connectivity index (χ4v) is 2.60. The Morgan fingerprint density at radius 1 is 1.14 bits per heavy atom. The van der Waals surface area contributed by atoms with Crippen molar-refractivity contribution in [2.24, 2.45) is 0 Å². The molecule has 0 unspecified atom stereocenters. The number of pyridine rings is 1. The Labute approximate surface area is 130 Å². The van der Waals surface area contributed by atoms with Crippen LogP contribution in [0.4, 0.5) is 0 Å². The molecule has 22 heavy (non-hydrogen) atoms. The van der Waals surface area contributed by atoms with Gasteiger partial charge < -0.3 is 4.74 Å². The van der Waals surface area contributed by atoms with Crippen LogP contribution < -0.4 is 5.56 Å². The topological polar surface area (TPSA) is 48.3 Å². The third-order valence-corrected chi connectivity index (χ3v) is 3.73. The molecule has 116 valence electrons. The van der Waals surface area contributed by atoms with E-state index in [1.54, 1.807) is 25.3 Å². The van der Waals surface area contributed by atoms with Gasteiger partial charge in [0.1, 0.15) is 0 Å². The predicted octanol–water partition coefficient (Wildman–Crippen LogP) is 3.19. The van der Waals surface area contributed by atoms with Gasteiger partial charge in [-0.25, -0.2) is 4.79 Å². The minimum atomic E-state index is -0.392. The molecule has 0 spiro atoms. The first-order valence-electron chi connectivity index (χ1n) is 7.49. The monoisotopic (exact) mass is 299 g/mol. The van der Waals surface area contributed by atoms with E-state index < -0.39 is 5.97 Å². The zero-order valence-electron chi connectivity index (χ0n) is 13.5. The lowest BCUT2D eigenvalue weighted by Crippen LogP contribution is -2.24. The van der Waals surface area contributed by atoms with E-state index in [4.69, 9.17) is 4.74 Å². The molecule has 0 aliphatic rings. The van der Waals surface area contributed by atoms with Crippen LogP contribution in [-0.4, -0.2) is 17.1 Å². The van der Waals surface area contributed by atoms with E-state index >= 15 is 0 Å². The maximum atomic E-state index is 12.4. The molecule has 1 heterocycles. The van der Waals surface area contributed by atoms with E-state index in [1.165, 1.54) is 11.6 Å². The second kappa shape index (κ2) is 6.60. The molecule has 0 N–H and O–H groups in total. The van der Waals surface area contributed by atoms with Crippen LogP contribution in [0.25, 0.3) is 5.69 Å². The minimum absolute atomic E-state index is 0.146. The van der Waals surface area contributed by atoms with E-state index in [-0.39, 0.29) is 5.56 Å². The first kappa shape index (κ1) is 16.0. The van der Waals surface area contributed by atoms with Gasteiger partial charge in [0.25, 0.3) is 5.56 Å². The maximum absolute atomic E-state index is 12.4. The van der Waals surface area contributed by atoms with Crippen molar-refractivity contribution in [2.45, 2.75) is 34.1 Å². The van der Waals surface area contributed by atoms with Gasteiger partial charge in [0, 0.05) is 17.4 Å². The fraction of sp³-hybridized carbons (Fsp3) is 0.333. The van der Waals surface area contributed by atoms with E-state index in [0.717, 1.165) is 12.1 Å². The van der Waals surface area contributed by atoms with E-state index in [0.29, 0.717) is 23.4 Å². The molecule has 4 nitrogen and oxygen atoms in total. The molecule has 1 aromatic heterocycles. The summed E-state index contributed by atoms with van der Waals surface area (Å²) in [7, 11) is 0. The molecule has 0 atom stereocenters. The van der Waals surface area contributed by atoms with E-state index in [9.17, 15) is 9.59 Å². The van der Waals surface area contributed by atoms with Crippen molar-refractivity contribution in [1.82, 2.24) is 4.57 Å². The summed E-state index contributed by atoms with van der Waals surface area (Å²) in [5, 5.41) is 0. The molecule has 0 aliphatic heterocycles. The highest BCUT2D eigenvalue weighted by Gasteiger charge is 2.18. The molecular formula is C18H21NO3. The highest BCUT2D eigenvalue weighted by molar-refractivity contribution is 5.92. The molecular weight excluding hydrogens is 278 g/mol. The molecule has 1 aromatic carbocycles. The molecule has 0 bridgehead atoms. The molecule has 0 fully saturated rings. The average Bonchev–Trinajstić information content (AvgIpc) is 2.47. The van der Waals surface area contributed by atoms with Gasteiger partial charge in [-0.05, 0) is 50.5 Å². The van der Waals surface area contributed by atoms with Crippen molar-refractivity contribution in [3.8, 4) is 5.69 Å². The maximum Gasteiger partial charge on any atom is 0.340 e. The first-order chi connectivity index (χ1) is 10.5. The van der Waals surface area contributed by atoms with Crippen LogP contribution in [0.2, 0.25) is 0 Å². The predicted molar refractivity (Wildman–Crippen MR) is 86.8 cm³/mol. The number of carbonyl (C=O) groups is 1. The molecule has 0 saturated heterocycles. The van der Waals surface area contributed by atoms with Gasteiger partial charge in [0.05, 0.1) is 12.2 Å². The van der Waals surface area contributed by atoms with Gasteiger partial charge in [-0.1, -0.05) is 19.1 Å². The summed E-state index contributed by atoms with van der Waals surface area (Å²) in [5.74, 6) is -0.392. The lowest BCUT2D eigenvalue weighted by molar-refractivity contribution is 0.0523. The summed E-state index contributed by atoms with van der Waals surface area (Å²) >= 11 is 0. The molecule has 2 rings (SSSR count). The summed E-state index contributed by atoms with van der Waals surface area (Å²) in [6.07, 6.45) is 0.941. The number of nitrogens with zero attached hydrogens (tertiary/aromatic N) is 1. The normalized spacial score (nSPS) is 10.5. The average molecular weight is 299 g/mol. The molecule has 2 aromatic rings. The molecule has 0 saturated carbocycles. The third kappa shape index (κ3) is 2.96. The van der Waals surface area contributed by atoms with Gasteiger partial charge in [-0.15, -0.1) is 0 Å². The van der Waals surface area contributed by atoms with Crippen molar-refractivity contribution >= 4 is 5.97 Å². The SMILES string of the molecule is CCOC(=O)c1c(C)cc(=O)n(-c2ccc(CC)cc2)c1C. The highest BCUT2D eigenvalue weighted by atomic mass is 16.5. The summed E-state index contributed by atoms with van der Waals surface area (Å²) in [6, 6.07) is 9.26. The summed E-state index contributed by atoms with van der Waals surface area (Å²) in [4.78, 5) is 24.5. The van der Waals surface area contributed by atoms with Crippen LogP contribution in [0.5, 0.6) is 0 Å². The third-order valence-electron chi connectivity index (χ3n) is 3.73. The Kier molecular flexibility index (Phi) is 4.81. The summed E-state index contributed by atoms with van der Waals surface area (Å²) in [6.45, 7) is 7.68. The zero-order valence-corrected chi connectivity index (χ0v) is 13.5. The van der Waals surface area contributed by atoms with Gasteiger partial charge in [0.2, 0.25) is 0 Å². The standard InChI is InChI=1S/C18H21NO3/c1-5-14-7-9-15(10-8-14)19-13(4)17(18(21)22-6-2)12(3)11-16(19)20/h7-11H,5-6H2,1-4H3. The smallest absolute Gasteiger partial charge is 0.340 e. The Balaban J connectivity index is 2.62. The van der Waals surface area contributed by atoms with Crippen LogP contribution in [-0.2, 0) is 11.2 Å². The van der Waals surface area contributed by atoms with E-state index in [2.05, 4.69) is 6.92 Å². The van der Waals surface area contributed by atoms with Crippen molar-refractivity contribution in [3.05, 3.63) is 63.1 Å². The summed E-state index contributed by atoms with van der Waals surface area (Å²) < 4.78 is 6.66. The Bertz CT molecular complexity index is 742. The highest BCUT2D eigenvalue weighted by Crippen LogP contribution is 2.17. The van der Waals surface area contributed by atoms with Gasteiger partial charge in [0.15, 0.2) is 0 Å². The zero-order chi connectivity index (χ0) is 16.3. The second-order valence-electron chi connectivity index (χ2n) is 5.20. The lowest BCUT2D eigenvalue weighted by Gasteiger charge is -2.15. The fourth-order valence-electron chi connectivity index (χ4n) is 2.60. The number of esters is 1. The number of hydrogen-bond donors (Lipinski definition) is 0. The van der Waals surface area contributed by atoms with Crippen LogP contribution in [0.15, 0.2) is 35.1 Å². The number of aryl methyl sites for hydroxylation is 2. The number of hydrogen-bond acceptors (Lipinski definition) is 3. The van der Waals surface area contributed by atoms with Gasteiger partial charge in [-0.3, -0.25) is 9.36 Å². The Morgan fingerprint density at radius 3 is 2.32 bits per heavy atom. The Morgan fingerprint density at radius 2 is 1.77 bits per heavy atom. The number of aromatic nitrogens is 1. The van der Waals surface area contributed by atoms with Crippen molar-refractivity contribution in [1.29, 1.82) is 0 Å². The number of rotatable bonds is 4. The number of benzene rings is 1. The quantitative estimate of drug-likeness (QED) is 0.815. The molecule has 0 radical (unpaired) electrons. The van der Waals surface area contributed by atoms with Crippen molar-refractivity contribution in [2.75, 3.05) is 6.61 Å². The second-order valence-corrected chi connectivity index (χ2v) is 5.20.